The van der Waals surface area contributed by atoms with Gasteiger partial charge in [-0.3, -0.25) is 14.4 Å². The minimum Gasteiger partial charge on any atom is -0.474 e. The number of rotatable bonds is 11. The molecule has 0 radical (unpaired) electrons. The van der Waals surface area contributed by atoms with Crippen molar-refractivity contribution < 1.29 is 24.3 Å². The number of carbonyl (C=O) groups is 4. The van der Waals surface area contributed by atoms with Crippen LogP contribution in [0.15, 0.2) is 42.7 Å². The van der Waals surface area contributed by atoms with Crippen LogP contribution in [0.5, 0.6) is 0 Å². The SMILES string of the molecule is CCc1cc(NC(=O)C(=O)O)cnc1NCCc1cc(NC(=O)C(=O)N2C[C@@H](C)CC[C@@H]2c2ccc3sc(CCN4CCCC4)nc3c2)cnc1N. The summed E-state index contributed by atoms with van der Waals surface area (Å²) in [5.41, 5.74) is 10.2. The molecule has 6 rings (SSSR count). The van der Waals surface area contributed by atoms with Crippen molar-refractivity contribution in [2.24, 2.45) is 5.92 Å². The van der Waals surface area contributed by atoms with E-state index in [1.807, 2.05) is 6.92 Å². The zero-order chi connectivity index (χ0) is 36.8. The number of anilines is 4. The fourth-order valence-corrected chi connectivity index (χ4v) is 7.84. The van der Waals surface area contributed by atoms with Gasteiger partial charge >= 0.3 is 23.7 Å². The number of nitrogens with two attached hydrogens (primary N) is 1. The van der Waals surface area contributed by atoms with Crippen LogP contribution in [0, 0.1) is 5.92 Å². The third kappa shape index (κ3) is 8.83. The first kappa shape index (κ1) is 36.6. The Hall–Kier alpha value is -5.15. The molecule has 0 spiro atoms. The number of fused-ring (bicyclic) bond motifs is 1. The summed E-state index contributed by atoms with van der Waals surface area (Å²) in [6.07, 6.45) is 9.02. The van der Waals surface area contributed by atoms with E-state index >= 15 is 0 Å². The first-order valence-corrected chi connectivity index (χ1v) is 18.6. The van der Waals surface area contributed by atoms with Gasteiger partial charge in [0.2, 0.25) is 0 Å². The molecule has 0 saturated carbocycles. The molecule has 0 bridgehead atoms. The quantitative estimate of drug-likeness (QED) is 0.137. The number of carboxylic acid groups (broad SMARTS) is 1. The van der Waals surface area contributed by atoms with E-state index in [4.69, 9.17) is 15.8 Å². The Kier molecular flexibility index (Phi) is 11.6. The topological polar surface area (TPSA) is 196 Å². The molecule has 274 valence electrons. The Morgan fingerprint density at radius 3 is 2.44 bits per heavy atom. The summed E-state index contributed by atoms with van der Waals surface area (Å²) in [4.78, 5) is 67.3. The van der Waals surface area contributed by atoms with Crippen LogP contribution < -0.4 is 21.7 Å². The summed E-state index contributed by atoms with van der Waals surface area (Å²) in [7, 11) is 0. The second-order valence-corrected chi connectivity index (χ2v) is 14.6. The van der Waals surface area contributed by atoms with Crippen LogP contribution in [0.25, 0.3) is 10.2 Å². The van der Waals surface area contributed by atoms with Crippen LogP contribution in [0.3, 0.4) is 0 Å². The van der Waals surface area contributed by atoms with E-state index in [9.17, 15) is 19.2 Å². The third-order valence-electron chi connectivity index (χ3n) is 9.70. The molecule has 0 aliphatic carbocycles. The Labute approximate surface area is 306 Å². The van der Waals surface area contributed by atoms with Gasteiger partial charge in [-0.1, -0.05) is 19.9 Å². The molecule has 2 saturated heterocycles. The van der Waals surface area contributed by atoms with Crippen molar-refractivity contribution in [3.8, 4) is 0 Å². The Morgan fingerprint density at radius 2 is 1.69 bits per heavy atom. The van der Waals surface area contributed by atoms with Crippen LogP contribution in [-0.2, 0) is 38.4 Å². The average molecular weight is 728 g/mol. The minimum atomic E-state index is -1.58. The standard InChI is InChI=1S/C37H45N9O5S/c1-3-23-16-26(43-35(48)37(50)51)20-41-33(23)39-12-10-25-17-27(19-40-32(25)38)42-34(47)36(49)46-21-22(2)6-8-29(46)24-7-9-30-28(18-24)44-31(52-30)11-15-45-13-4-5-14-45/h7,9,16-20,22,29H,3-6,8,10-15,21H2,1-2H3,(H2,38,40)(H,39,41)(H,42,47)(H,43,48)(H,50,51)/t22-,29+/m0/s1. The molecule has 2 fully saturated rings. The van der Waals surface area contributed by atoms with Crippen molar-refractivity contribution in [1.29, 1.82) is 0 Å². The maximum Gasteiger partial charge on any atom is 0.394 e. The van der Waals surface area contributed by atoms with Gasteiger partial charge in [-0.15, -0.1) is 11.3 Å². The molecule has 5 heterocycles. The number of pyridine rings is 2. The van der Waals surface area contributed by atoms with Gasteiger partial charge in [-0.25, -0.2) is 19.7 Å². The van der Waals surface area contributed by atoms with Crippen molar-refractivity contribution in [1.82, 2.24) is 24.8 Å². The smallest absolute Gasteiger partial charge is 0.394 e. The van der Waals surface area contributed by atoms with Crippen molar-refractivity contribution in [3.05, 3.63) is 64.4 Å². The average Bonchev–Trinajstić information content (AvgIpc) is 3.81. The number of hydrogen-bond acceptors (Lipinski definition) is 11. The van der Waals surface area contributed by atoms with Gasteiger partial charge < -0.3 is 36.6 Å². The number of carbonyl (C=O) groups excluding carboxylic acids is 3. The highest BCUT2D eigenvalue weighted by Gasteiger charge is 2.34. The monoisotopic (exact) mass is 727 g/mol. The summed E-state index contributed by atoms with van der Waals surface area (Å²) in [6, 6.07) is 9.38. The summed E-state index contributed by atoms with van der Waals surface area (Å²) < 4.78 is 1.13. The Morgan fingerprint density at radius 1 is 0.962 bits per heavy atom. The largest absolute Gasteiger partial charge is 0.474 e. The molecule has 2 atom stereocenters. The highest BCUT2D eigenvalue weighted by atomic mass is 32.1. The van der Waals surface area contributed by atoms with Crippen LogP contribution in [-0.4, -0.2) is 86.3 Å². The molecule has 2 aliphatic rings. The fraction of sp³-hybridized carbons (Fsp3) is 0.432. The first-order valence-electron chi connectivity index (χ1n) is 17.8. The Bertz CT molecular complexity index is 1960. The van der Waals surface area contributed by atoms with Gasteiger partial charge in [0.25, 0.3) is 0 Å². The maximum absolute atomic E-state index is 13.7. The predicted molar refractivity (Wildman–Crippen MR) is 201 cm³/mol. The number of thiazole rings is 1. The van der Waals surface area contributed by atoms with E-state index < -0.39 is 23.7 Å². The van der Waals surface area contributed by atoms with E-state index in [2.05, 4.69) is 55.9 Å². The molecular formula is C37H45N9O5S. The number of carboxylic acids is 1. The van der Waals surface area contributed by atoms with Crippen molar-refractivity contribution >= 4 is 68.3 Å². The lowest BCUT2D eigenvalue weighted by Crippen LogP contribution is -2.46. The van der Waals surface area contributed by atoms with Crippen LogP contribution in [0.1, 0.15) is 67.3 Å². The molecular weight excluding hydrogens is 683 g/mol. The van der Waals surface area contributed by atoms with E-state index in [1.165, 1.54) is 38.3 Å². The summed E-state index contributed by atoms with van der Waals surface area (Å²) in [5, 5.41) is 18.3. The van der Waals surface area contributed by atoms with Crippen LogP contribution in [0.4, 0.5) is 23.0 Å². The number of piperidine rings is 1. The summed E-state index contributed by atoms with van der Waals surface area (Å²) in [6.45, 7) is 8.26. The van der Waals surface area contributed by atoms with Gasteiger partial charge in [0.05, 0.1) is 45.0 Å². The minimum absolute atomic E-state index is 0.232. The molecule has 1 aromatic carbocycles. The maximum atomic E-state index is 13.7. The van der Waals surface area contributed by atoms with E-state index in [-0.39, 0.29) is 17.6 Å². The first-order chi connectivity index (χ1) is 25.1. The Balaban J connectivity index is 1.08. The van der Waals surface area contributed by atoms with Crippen LogP contribution >= 0.6 is 11.3 Å². The molecule has 0 unspecified atom stereocenters. The molecule has 6 N–H and O–H groups in total. The molecule has 3 amide bonds. The van der Waals surface area contributed by atoms with Gasteiger partial charge in [-0.05, 0) is 98.5 Å². The van der Waals surface area contributed by atoms with Crippen molar-refractivity contribution in [3.63, 3.8) is 0 Å². The van der Waals surface area contributed by atoms with Gasteiger partial charge in [0.15, 0.2) is 0 Å². The number of nitrogen functional groups attached to an aromatic ring is 1. The number of nitrogens with one attached hydrogen (secondary N) is 3. The molecule has 15 heteroatoms. The zero-order valence-electron chi connectivity index (χ0n) is 29.5. The number of aliphatic carboxylic acids is 1. The fourth-order valence-electron chi connectivity index (χ4n) is 6.90. The number of amides is 3. The lowest BCUT2D eigenvalue weighted by molar-refractivity contribution is -0.147. The number of nitrogens with zero attached hydrogens (tertiary/aromatic N) is 5. The molecule has 3 aromatic heterocycles. The zero-order valence-corrected chi connectivity index (χ0v) is 30.3. The normalized spacial score (nSPS) is 17.6. The highest BCUT2D eigenvalue weighted by Crippen LogP contribution is 2.36. The number of likely N-dealkylation sites (tertiary alicyclic amines) is 2. The number of benzene rings is 1. The summed E-state index contributed by atoms with van der Waals surface area (Å²) >= 11 is 1.73. The van der Waals surface area contributed by atoms with E-state index in [1.54, 1.807) is 28.4 Å². The lowest BCUT2D eigenvalue weighted by atomic mass is 9.89. The highest BCUT2D eigenvalue weighted by molar-refractivity contribution is 7.18. The number of aryl methyl sites for hydroxylation is 1. The summed E-state index contributed by atoms with van der Waals surface area (Å²) in [5.74, 6) is -2.92. The van der Waals surface area contributed by atoms with E-state index in [0.717, 1.165) is 52.2 Å². The second-order valence-electron chi connectivity index (χ2n) is 13.5. The van der Waals surface area contributed by atoms with Crippen molar-refractivity contribution in [2.75, 3.05) is 54.4 Å². The lowest BCUT2D eigenvalue weighted by Gasteiger charge is -2.38. The second kappa shape index (κ2) is 16.5. The van der Waals surface area contributed by atoms with Crippen LogP contribution in [0.2, 0.25) is 0 Å². The van der Waals surface area contributed by atoms with Gasteiger partial charge in [-0.2, -0.15) is 0 Å². The van der Waals surface area contributed by atoms with Crippen molar-refractivity contribution in [2.45, 2.75) is 64.8 Å². The van der Waals surface area contributed by atoms with Gasteiger partial charge in [0, 0.05) is 26.1 Å². The third-order valence-corrected chi connectivity index (χ3v) is 10.8. The number of aromatic nitrogens is 3. The predicted octanol–water partition coefficient (Wildman–Crippen LogP) is 4.49. The van der Waals surface area contributed by atoms with Gasteiger partial charge in [0.1, 0.15) is 11.6 Å². The number of hydrogen-bond donors (Lipinski definition) is 5. The van der Waals surface area contributed by atoms with E-state index in [0.29, 0.717) is 48.8 Å². The molecule has 4 aromatic rings. The molecule has 52 heavy (non-hydrogen) atoms. The molecule has 2 aliphatic heterocycles. The molecule has 14 nitrogen and oxygen atoms in total.